The first-order valence-corrected chi connectivity index (χ1v) is 22.6. The summed E-state index contributed by atoms with van der Waals surface area (Å²) in [4.78, 5) is 16.3. The molecule has 4 heterocycles. The maximum absolute atomic E-state index is 6.65. The number of para-hydroxylation sites is 4. The molecule has 0 aliphatic rings. The molecule has 0 spiro atoms. The maximum Gasteiger partial charge on any atom is 0.166 e. The van der Waals surface area contributed by atoms with E-state index in [1.54, 1.807) is 0 Å². The lowest BCUT2D eigenvalue weighted by Gasteiger charge is -2.16. The maximum atomic E-state index is 6.65. The lowest BCUT2D eigenvalue weighted by atomic mass is 10.0. The highest BCUT2D eigenvalue weighted by Gasteiger charge is 2.25. The molecule has 0 saturated carbocycles. The van der Waals surface area contributed by atoms with E-state index in [1.165, 1.54) is 16.2 Å². The second-order valence-corrected chi connectivity index (χ2v) is 17.2. The third kappa shape index (κ3) is 5.86. The van der Waals surface area contributed by atoms with Gasteiger partial charge in [0.05, 0.1) is 33.1 Å². The Bertz CT molecular complexity index is 4260. The standard InChI is InChI=1S/C61H37N5O/c1-3-15-38(16-4-1)39-27-29-40(30-28-39)59-62-60(43-31-32-47-45-21-9-12-24-51(45)65(53(47)37-43)44-19-5-2-6-20-44)64-61(63-59)49-33-34-56-57(48-23-11-14-26-55(48)67-56)58(49)66-52-25-13-10-22-46(52)50-35-41-17-7-8-18-42(41)36-54(50)66/h1-37H. The van der Waals surface area contributed by atoms with Crippen LogP contribution < -0.4 is 0 Å². The Labute approximate surface area is 384 Å². The Hall–Kier alpha value is -9.13. The first-order chi connectivity index (χ1) is 33.2. The molecule has 0 atom stereocenters. The summed E-state index contributed by atoms with van der Waals surface area (Å²) in [6.07, 6.45) is 0. The van der Waals surface area contributed by atoms with Crippen LogP contribution in [0.1, 0.15) is 0 Å². The second-order valence-electron chi connectivity index (χ2n) is 17.2. The fourth-order valence-corrected chi connectivity index (χ4v) is 10.3. The highest BCUT2D eigenvalue weighted by molar-refractivity contribution is 6.18. The van der Waals surface area contributed by atoms with Crippen LogP contribution >= 0.6 is 0 Å². The van der Waals surface area contributed by atoms with E-state index in [-0.39, 0.29) is 0 Å². The van der Waals surface area contributed by atoms with Gasteiger partial charge in [0.25, 0.3) is 0 Å². The molecule has 10 aromatic carbocycles. The molecule has 0 saturated heterocycles. The number of nitrogens with zero attached hydrogens (tertiary/aromatic N) is 5. The molecular weight excluding hydrogens is 819 g/mol. The van der Waals surface area contributed by atoms with Gasteiger partial charge in [0, 0.05) is 49.3 Å². The third-order valence-corrected chi connectivity index (χ3v) is 13.4. The van der Waals surface area contributed by atoms with Crippen molar-refractivity contribution in [3.63, 3.8) is 0 Å². The van der Waals surface area contributed by atoms with E-state index < -0.39 is 0 Å². The van der Waals surface area contributed by atoms with Crippen LogP contribution in [0.4, 0.5) is 0 Å². The van der Waals surface area contributed by atoms with Crippen LogP contribution in [0.2, 0.25) is 0 Å². The molecule has 0 aliphatic carbocycles. The number of benzene rings is 10. The summed E-state index contributed by atoms with van der Waals surface area (Å²) < 4.78 is 11.4. The van der Waals surface area contributed by atoms with Gasteiger partial charge in [-0.3, -0.25) is 0 Å². The highest BCUT2D eigenvalue weighted by atomic mass is 16.3. The number of rotatable bonds is 6. The number of hydrogen-bond acceptors (Lipinski definition) is 4. The zero-order valence-electron chi connectivity index (χ0n) is 36.0. The summed E-state index contributed by atoms with van der Waals surface area (Å²) in [6.45, 7) is 0. The first-order valence-electron chi connectivity index (χ1n) is 22.6. The number of furan rings is 1. The van der Waals surface area contributed by atoms with Crippen LogP contribution in [0.5, 0.6) is 0 Å². The van der Waals surface area contributed by atoms with Crippen molar-refractivity contribution in [2.24, 2.45) is 0 Å². The predicted octanol–water partition coefficient (Wildman–Crippen LogP) is 15.8. The molecule has 0 radical (unpaired) electrons. The fraction of sp³-hybridized carbons (Fsp3) is 0. The van der Waals surface area contributed by atoms with Crippen LogP contribution in [0.15, 0.2) is 229 Å². The Morgan fingerprint density at radius 2 is 0.851 bits per heavy atom. The summed E-state index contributed by atoms with van der Waals surface area (Å²) in [5, 5.41) is 9.05. The first kappa shape index (κ1) is 37.3. The molecule has 6 nitrogen and oxygen atoms in total. The lowest BCUT2D eigenvalue weighted by Crippen LogP contribution is -2.04. The van der Waals surface area contributed by atoms with Gasteiger partial charge in [0.2, 0.25) is 0 Å². The second kappa shape index (κ2) is 14.7. The smallest absolute Gasteiger partial charge is 0.166 e. The molecule has 14 aromatic rings. The average molecular weight is 856 g/mol. The van der Waals surface area contributed by atoms with Crippen LogP contribution in [-0.2, 0) is 0 Å². The van der Waals surface area contributed by atoms with E-state index in [1.807, 2.05) is 18.2 Å². The molecule has 0 amide bonds. The number of hydrogen-bond donors (Lipinski definition) is 0. The van der Waals surface area contributed by atoms with Gasteiger partial charge in [-0.2, -0.15) is 0 Å². The van der Waals surface area contributed by atoms with Gasteiger partial charge in [-0.05, 0) is 82.6 Å². The minimum absolute atomic E-state index is 0.560. The Morgan fingerprint density at radius 1 is 0.313 bits per heavy atom. The molecule has 0 bridgehead atoms. The molecule has 0 unspecified atom stereocenters. The average Bonchev–Trinajstić information content (AvgIpc) is 4.05. The van der Waals surface area contributed by atoms with Crippen molar-refractivity contribution < 1.29 is 4.42 Å². The minimum atomic E-state index is 0.560. The minimum Gasteiger partial charge on any atom is -0.456 e. The van der Waals surface area contributed by atoms with Gasteiger partial charge in [0.1, 0.15) is 11.2 Å². The van der Waals surface area contributed by atoms with E-state index >= 15 is 0 Å². The van der Waals surface area contributed by atoms with Crippen LogP contribution in [0.3, 0.4) is 0 Å². The quantitative estimate of drug-likeness (QED) is 0.167. The van der Waals surface area contributed by atoms with E-state index in [0.29, 0.717) is 17.5 Å². The molecule has 0 aliphatic heterocycles. The molecule has 14 rings (SSSR count). The van der Waals surface area contributed by atoms with Crippen molar-refractivity contribution in [2.75, 3.05) is 0 Å². The van der Waals surface area contributed by atoms with E-state index in [9.17, 15) is 0 Å². The zero-order chi connectivity index (χ0) is 44.0. The fourth-order valence-electron chi connectivity index (χ4n) is 10.3. The van der Waals surface area contributed by atoms with E-state index in [4.69, 9.17) is 19.4 Å². The highest BCUT2D eigenvalue weighted by Crippen LogP contribution is 2.44. The van der Waals surface area contributed by atoms with Gasteiger partial charge in [-0.15, -0.1) is 0 Å². The molecular formula is C61H37N5O. The van der Waals surface area contributed by atoms with E-state index in [2.05, 4.69) is 215 Å². The summed E-state index contributed by atoms with van der Waals surface area (Å²) >= 11 is 0. The Balaban J connectivity index is 1.07. The molecule has 312 valence electrons. The van der Waals surface area contributed by atoms with Gasteiger partial charge >= 0.3 is 0 Å². The zero-order valence-corrected chi connectivity index (χ0v) is 36.0. The van der Waals surface area contributed by atoms with Crippen molar-refractivity contribution in [3.8, 4) is 56.7 Å². The van der Waals surface area contributed by atoms with Gasteiger partial charge in [0.15, 0.2) is 17.5 Å². The SMILES string of the molecule is c1ccc(-c2ccc(-c3nc(-c4ccc5c6ccccc6n(-c6ccccc6)c5c4)nc(-c4ccc5oc6ccccc6c5c4-n4c5ccccc5c5cc6ccccc6cc54)n3)cc2)cc1. The molecule has 4 aromatic heterocycles. The predicted molar refractivity (Wildman–Crippen MR) is 275 cm³/mol. The monoisotopic (exact) mass is 855 g/mol. The van der Waals surface area contributed by atoms with Gasteiger partial charge < -0.3 is 13.6 Å². The van der Waals surface area contributed by atoms with Crippen molar-refractivity contribution in [1.82, 2.24) is 24.1 Å². The molecule has 0 N–H and O–H groups in total. The molecule has 67 heavy (non-hydrogen) atoms. The van der Waals surface area contributed by atoms with E-state index in [0.717, 1.165) is 99.4 Å². The molecule has 6 heteroatoms. The van der Waals surface area contributed by atoms with Crippen LogP contribution in [-0.4, -0.2) is 24.1 Å². The van der Waals surface area contributed by atoms with Gasteiger partial charge in [-0.25, -0.2) is 15.0 Å². The summed E-state index contributed by atoms with van der Waals surface area (Å²) in [5.41, 5.74) is 12.9. The van der Waals surface area contributed by atoms with Crippen molar-refractivity contribution in [2.45, 2.75) is 0 Å². The number of fused-ring (bicyclic) bond motifs is 10. The summed E-state index contributed by atoms with van der Waals surface area (Å²) in [6, 6.07) is 79.1. The number of aromatic nitrogens is 5. The topological polar surface area (TPSA) is 61.7 Å². The third-order valence-electron chi connectivity index (χ3n) is 13.4. The summed E-state index contributed by atoms with van der Waals surface area (Å²) in [5.74, 6) is 1.72. The largest absolute Gasteiger partial charge is 0.456 e. The van der Waals surface area contributed by atoms with Crippen LogP contribution in [0.25, 0.3) is 133 Å². The summed E-state index contributed by atoms with van der Waals surface area (Å²) in [7, 11) is 0. The van der Waals surface area contributed by atoms with Crippen LogP contribution in [0, 0.1) is 0 Å². The van der Waals surface area contributed by atoms with Gasteiger partial charge in [-0.1, -0.05) is 164 Å². The van der Waals surface area contributed by atoms with Crippen molar-refractivity contribution in [3.05, 3.63) is 224 Å². The lowest BCUT2D eigenvalue weighted by molar-refractivity contribution is 0.669. The Morgan fingerprint density at radius 3 is 1.63 bits per heavy atom. The van der Waals surface area contributed by atoms with Crippen molar-refractivity contribution >= 4 is 76.3 Å². The normalized spacial score (nSPS) is 11.9. The van der Waals surface area contributed by atoms with Crippen molar-refractivity contribution in [1.29, 1.82) is 0 Å². The Kier molecular flexibility index (Phi) is 8.18. The molecule has 0 fully saturated rings.